The van der Waals surface area contributed by atoms with Crippen molar-refractivity contribution in [1.82, 2.24) is 0 Å². The van der Waals surface area contributed by atoms with Gasteiger partial charge in [0.15, 0.2) is 0 Å². The van der Waals surface area contributed by atoms with E-state index in [1.165, 1.54) is 57.8 Å². The second kappa shape index (κ2) is 7.84. The van der Waals surface area contributed by atoms with Crippen LogP contribution in [0.5, 0.6) is 0 Å². The molecule has 0 saturated carbocycles. The van der Waals surface area contributed by atoms with Gasteiger partial charge in [0.2, 0.25) is 0 Å². The molecule has 0 bridgehead atoms. The SMILES string of the molecule is CCCC=CCCCC1=CCCCC1. The Kier molecular flexibility index (Phi) is 6.47. The standard InChI is InChI=1S/C14H24/c1-2-3-4-5-6-8-11-14-12-9-7-10-13-14/h4-5,12H,2-3,6-11,13H2,1H3. The van der Waals surface area contributed by atoms with E-state index in [-0.39, 0.29) is 0 Å². The maximum Gasteiger partial charge on any atom is -0.0317 e. The lowest BCUT2D eigenvalue weighted by atomic mass is 9.95. The zero-order chi connectivity index (χ0) is 10.1. The summed E-state index contributed by atoms with van der Waals surface area (Å²) in [6.45, 7) is 2.23. The predicted octanol–water partition coefficient (Wildman–Crippen LogP) is 5.01. The maximum absolute atomic E-state index is 2.47. The predicted molar refractivity (Wildman–Crippen MR) is 64.5 cm³/mol. The van der Waals surface area contributed by atoms with E-state index in [1.807, 2.05) is 0 Å². The van der Waals surface area contributed by atoms with Crippen molar-refractivity contribution in [1.29, 1.82) is 0 Å². The van der Waals surface area contributed by atoms with Crippen molar-refractivity contribution in [3.63, 3.8) is 0 Å². The molecule has 1 rings (SSSR count). The number of allylic oxidation sites excluding steroid dienone is 4. The first-order chi connectivity index (χ1) is 6.93. The highest BCUT2D eigenvalue weighted by Gasteiger charge is 2.01. The third-order valence-electron chi connectivity index (χ3n) is 2.88. The maximum atomic E-state index is 2.47. The van der Waals surface area contributed by atoms with Crippen molar-refractivity contribution in [2.45, 2.75) is 64.7 Å². The third kappa shape index (κ3) is 5.26. The lowest BCUT2D eigenvalue weighted by Gasteiger charge is -2.11. The fourth-order valence-corrected chi connectivity index (χ4v) is 1.98. The Morgan fingerprint density at radius 1 is 1.21 bits per heavy atom. The summed E-state index contributed by atoms with van der Waals surface area (Å²) in [4.78, 5) is 0. The number of hydrogen-bond acceptors (Lipinski definition) is 0. The molecule has 14 heavy (non-hydrogen) atoms. The second-order valence-electron chi connectivity index (χ2n) is 4.26. The first-order valence-electron chi connectivity index (χ1n) is 6.26. The minimum absolute atomic E-state index is 1.25. The lowest BCUT2D eigenvalue weighted by Crippen LogP contribution is -1.91. The molecule has 0 unspecified atom stereocenters. The molecule has 0 atom stereocenters. The van der Waals surface area contributed by atoms with Crippen LogP contribution in [0.25, 0.3) is 0 Å². The van der Waals surface area contributed by atoms with Crippen molar-refractivity contribution < 1.29 is 0 Å². The highest BCUT2D eigenvalue weighted by molar-refractivity contribution is 5.04. The van der Waals surface area contributed by atoms with Crippen molar-refractivity contribution >= 4 is 0 Å². The van der Waals surface area contributed by atoms with Gasteiger partial charge in [0.05, 0.1) is 0 Å². The highest BCUT2D eigenvalue weighted by atomic mass is 14.1. The zero-order valence-electron chi connectivity index (χ0n) is 9.60. The summed E-state index contributed by atoms with van der Waals surface area (Å²) in [5.74, 6) is 0. The van der Waals surface area contributed by atoms with Gasteiger partial charge in [0.25, 0.3) is 0 Å². The molecule has 0 aromatic carbocycles. The molecule has 0 spiro atoms. The molecule has 1 aliphatic rings. The van der Waals surface area contributed by atoms with E-state index in [1.54, 1.807) is 5.57 Å². The van der Waals surface area contributed by atoms with E-state index in [0.717, 1.165) is 0 Å². The Hall–Kier alpha value is -0.520. The van der Waals surface area contributed by atoms with Gasteiger partial charge >= 0.3 is 0 Å². The minimum Gasteiger partial charge on any atom is -0.0885 e. The summed E-state index contributed by atoms with van der Waals surface area (Å²) in [6, 6.07) is 0. The van der Waals surface area contributed by atoms with Gasteiger partial charge in [-0.05, 0) is 51.4 Å². The van der Waals surface area contributed by atoms with Crippen LogP contribution >= 0.6 is 0 Å². The van der Waals surface area contributed by atoms with Crippen LogP contribution in [0.3, 0.4) is 0 Å². The largest absolute Gasteiger partial charge is 0.0885 e. The van der Waals surface area contributed by atoms with Gasteiger partial charge in [0.1, 0.15) is 0 Å². The van der Waals surface area contributed by atoms with Gasteiger partial charge in [-0.25, -0.2) is 0 Å². The first-order valence-corrected chi connectivity index (χ1v) is 6.26. The van der Waals surface area contributed by atoms with Gasteiger partial charge in [-0.1, -0.05) is 37.1 Å². The molecule has 0 heteroatoms. The van der Waals surface area contributed by atoms with E-state index in [4.69, 9.17) is 0 Å². The number of unbranched alkanes of at least 4 members (excludes halogenated alkanes) is 2. The minimum atomic E-state index is 1.25. The van der Waals surface area contributed by atoms with Crippen LogP contribution in [0.1, 0.15) is 64.7 Å². The Morgan fingerprint density at radius 3 is 2.79 bits per heavy atom. The van der Waals surface area contributed by atoms with E-state index >= 15 is 0 Å². The fourth-order valence-electron chi connectivity index (χ4n) is 1.98. The van der Waals surface area contributed by atoms with Crippen LogP contribution in [0.4, 0.5) is 0 Å². The molecule has 0 heterocycles. The van der Waals surface area contributed by atoms with Crippen LogP contribution in [0, 0.1) is 0 Å². The molecule has 0 N–H and O–H groups in total. The van der Waals surface area contributed by atoms with Crippen LogP contribution in [0.15, 0.2) is 23.8 Å². The molecular weight excluding hydrogens is 168 g/mol. The van der Waals surface area contributed by atoms with Gasteiger partial charge < -0.3 is 0 Å². The average molecular weight is 192 g/mol. The summed E-state index contributed by atoms with van der Waals surface area (Å²) >= 11 is 0. The van der Waals surface area contributed by atoms with Crippen molar-refractivity contribution in [2.75, 3.05) is 0 Å². The van der Waals surface area contributed by atoms with Crippen LogP contribution < -0.4 is 0 Å². The molecule has 0 radical (unpaired) electrons. The van der Waals surface area contributed by atoms with Crippen molar-refractivity contribution in [3.8, 4) is 0 Å². The zero-order valence-corrected chi connectivity index (χ0v) is 9.60. The van der Waals surface area contributed by atoms with Crippen molar-refractivity contribution in [2.24, 2.45) is 0 Å². The monoisotopic (exact) mass is 192 g/mol. The summed E-state index contributed by atoms with van der Waals surface area (Å²) < 4.78 is 0. The molecule has 0 aliphatic heterocycles. The van der Waals surface area contributed by atoms with E-state index in [0.29, 0.717) is 0 Å². The smallest absolute Gasteiger partial charge is 0.0317 e. The summed E-state index contributed by atoms with van der Waals surface area (Å²) in [5, 5.41) is 0. The van der Waals surface area contributed by atoms with E-state index in [9.17, 15) is 0 Å². The Balaban J connectivity index is 2.00. The third-order valence-corrected chi connectivity index (χ3v) is 2.88. The molecule has 0 aromatic rings. The van der Waals surface area contributed by atoms with Gasteiger partial charge in [-0.3, -0.25) is 0 Å². The molecule has 1 aliphatic carbocycles. The Bertz CT molecular complexity index is 186. The summed E-state index contributed by atoms with van der Waals surface area (Å²) in [5.41, 5.74) is 1.72. The van der Waals surface area contributed by atoms with E-state index < -0.39 is 0 Å². The van der Waals surface area contributed by atoms with Crippen molar-refractivity contribution in [3.05, 3.63) is 23.8 Å². The van der Waals surface area contributed by atoms with Crippen LogP contribution in [-0.2, 0) is 0 Å². The molecule has 80 valence electrons. The second-order valence-corrected chi connectivity index (χ2v) is 4.26. The van der Waals surface area contributed by atoms with E-state index in [2.05, 4.69) is 25.2 Å². The van der Waals surface area contributed by atoms with Gasteiger partial charge in [-0.15, -0.1) is 0 Å². The number of rotatable bonds is 6. The topological polar surface area (TPSA) is 0 Å². The first kappa shape index (κ1) is 11.6. The van der Waals surface area contributed by atoms with Crippen LogP contribution in [-0.4, -0.2) is 0 Å². The Morgan fingerprint density at radius 2 is 2.07 bits per heavy atom. The number of hydrogen-bond donors (Lipinski definition) is 0. The lowest BCUT2D eigenvalue weighted by molar-refractivity contribution is 0.661. The van der Waals surface area contributed by atoms with Gasteiger partial charge in [-0.2, -0.15) is 0 Å². The normalized spacial score (nSPS) is 17.4. The quantitative estimate of drug-likeness (QED) is 0.410. The average Bonchev–Trinajstić information content (AvgIpc) is 2.25. The molecule has 0 fully saturated rings. The van der Waals surface area contributed by atoms with Gasteiger partial charge in [0, 0.05) is 0 Å². The molecular formula is C14H24. The highest BCUT2D eigenvalue weighted by Crippen LogP contribution is 2.21. The summed E-state index contributed by atoms with van der Waals surface area (Å²) in [7, 11) is 0. The molecule has 0 amide bonds. The van der Waals surface area contributed by atoms with Crippen LogP contribution in [0.2, 0.25) is 0 Å². The summed E-state index contributed by atoms with van der Waals surface area (Å²) in [6.07, 6.45) is 19.2. The Labute approximate surface area is 89.1 Å². The molecule has 0 nitrogen and oxygen atoms in total. The molecule has 0 aromatic heterocycles. The fraction of sp³-hybridized carbons (Fsp3) is 0.714. The molecule has 0 saturated heterocycles.